The Morgan fingerprint density at radius 1 is 0.724 bits per heavy atom. The second kappa shape index (κ2) is 7.09. The number of nitro benzene ring substituents is 1. The smallest absolute Gasteiger partial charge is 0.269 e. The van der Waals surface area contributed by atoms with E-state index in [1.165, 1.54) is 30.3 Å². The minimum Gasteiger partial charge on any atom is -0.289 e. The molecule has 0 amide bonds. The zero-order chi connectivity index (χ0) is 20.5. The third kappa shape index (κ3) is 3.06. The van der Waals surface area contributed by atoms with Gasteiger partial charge in [0.15, 0.2) is 17.3 Å². The molecule has 29 heavy (non-hydrogen) atoms. The molecule has 0 fully saturated rings. The lowest BCUT2D eigenvalue weighted by Crippen LogP contribution is -2.26. The average Bonchev–Trinajstić information content (AvgIpc) is 2.76. The number of hydrogen-bond donors (Lipinski definition) is 0. The first kappa shape index (κ1) is 18.2. The molecule has 4 rings (SSSR count). The summed E-state index contributed by atoms with van der Waals surface area (Å²) >= 11 is 0. The molecule has 1 aliphatic carbocycles. The third-order valence-corrected chi connectivity index (χ3v) is 4.75. The van der Waals surface area contributed by atoms with Crippen LogP contribution in [-0.4, -0.2) is 22.3 Å². The monoisotopic (exact) mass is 383 g/mol. The fourth-order valence-corrected chi connectivity index (χ4v) is 3.35. The summed E-state index contributed by atoms with van der Waals surface area (Å²) in [7, 11) is 0. The number of benzene rings is 3. The highest BCUT2D eigenvalue weighted by molar-refractivity contribution is 6.49. The van der Waals surface area contributed by atoms with Crippen LogP contribution in [0.5, 0.6) is 0 Å². The quantitative estimate of drug-likeness (QED) is 0.290. The molecule has 0 saturated heterocycles. The Morgan fingerprint density at radius 2 is 1.28 bits per heavy atom. The summed E-state index contributed by atoms with van der Waals surface area (Å²) in [6.45, 7) is 0. The molecule has 6 nitrogen and oxygen atoms in total. The molecule has 6 heteroatoms. The van der Waals surface area contributed by atoms with E-state index in [0.29, 0.717) is 5.56 Å². The Kier molecular flexibility index (Phi) is 4.44. The lowest BCUT2D eigenvalue weighted by atomic mass is 9.78. The summed E-state index contributed by atoms with van der Waals surface area (Å²) in [6.07, 6.45) is 0. The van der Waals surface area contributed by atoms with Gasteiger partial charge >= 0.3 is 0 Å². The Morgan fingerprint density at radius 3 is 1.86 bits per heavy atom. The fourth-order valence-electron chi connectivity index (χ4n) is 3.35. The number of carbonyl (C=O) groups is 3. The van der Waals surface area contributed by atoms with Gasteiger partial charge in [0.25, 0.3) is 5.69 Å². The highest BCUT2D eigenvalue weighted by Gasteiger charge is 2.36. The van der Waals surface area contributed by atoms with Crippen molar-refractivity contribution in [2.45, 2.75) is 0 Å². The fraction of sp³-hybridized carbons (Fsp3) is 0. The van der Waals surface area contributed by atoms with E-state index in [-0.39, 0.29) is 33.5 Å². The van der Waals surface area contributed by atoms with Crippen molar-refractivity contribution >= 4 is 28.6 Å². The number of non-ortho nitro benzene ring substituents is 1. The molecule has 1 aliphatic rings. The molecule has 3 aromatic carbocycles. The van der Waals surface area contributed by atoms with Gasteiger partial charge in [-0.05, 0) is 17.7 Å². The van der Waals surface area contributed by atoms with Crippen molar-refractivity contribution in [3.63, 3.8) is 0 Å². The predicted molar refractivity (Wildman–Crippen MR) is 106 cm³/mol. The molecule has 0 radical (unpaired) electrons. The van der Waals surface area contributed by atoms with Crippen molar-refractivity contribution in [3.05, 3.63) is 117 Å². The number of fused-ring (bicyclic) bond motifs is 1. The molecule has 0 atom stereocenters. The second-order valence-electron chi connectivity index (χ2n) is 6.45. The first-order chi connectivity index (χ1) is 14.0. The number of Topliss-reactive ketones (excluding diaryl/α,β-unsaturated/α-hetero) is 3. The molecule has 0 heterocycles. The number of carbonyl (C=O) groups excluding carboxylic acids is 3. The van der Waals surface area contributed by atoms with Gasteiger partial charge in [0.05, 0.1) is 10.5 Å². The summed E-state index contributed by atoms with van der Waals surface area (Å²) < 4.78 is 0. The maximum Gasteiger partial charge on any atom is 0.269 e. The topological polar surface area (TPSA) is 94.3 Å². The van der Waals surface area contributed by atoms with Crippen molar-refractivity contribution in [3.8, 4) is 0 Å². The van der Waals surface area contributed by atoms with Crippen LogP contribution in [0, 0.1) is 10.1 Å². The molecule has 0 saturated carbocycles. The van der Waals surface area contributed by atoms with Crippen LogP contribution in [-0.2, 0) is 0 Å². The van der Waals surface area contributed by atoms with Crippen LogP contribution < -0.4 is 0 Å². The minimum absolute atomic E-state index is 0.0395. The Hall–Kier alpha value is -4.19. The zero-order valence-electron chi connectivity index (χ0n) is 15.0. The van der Waals surface area contributed by atoms with Crippen LogP contribution in [0.1, 0.15) is 36.6 Å². The van der Waals surface area contributed by atoms with Crippen LogP contribution >= 0.6 is 0 Å². The number of allylic oxidation sites excluding steroid dienone is 2. The van der Waals surface area contributed by atoms with Crippen LogP contribution in [0.25, 0.3) is 5.57 Å². The largest absolute Gasteiger partial charge is 0.289 e. The molecule has 140 valence electrons. The number of hydrogen-bond acceptors (Lipinski definition) is 5. The Balaban J connectivity index is 1.93. The second-order valence-corrected chi connectivity index (χ2v) is 6.45. The molecular weight excluding hydrogens is 370 g/mol. The van der Waals surface area contributed by atoms with E-state index in [9.17, 15) is 24.5 Å². The minimum atomic E-state index is -0.647. The summed E-state index contributed by atoms with van der Waals surface area (Å²) in [5, 5.41) is 10.9. The van der Waals surface area contributed by atoms with Gasteiger partial charge in [-0.3, -0.25) is 24.5 Å². The van der Waals surface area contributed by atoms with Gasteiger partial charge in [-0.2, -0.15) is 0 Å². The molecule has 0 bridgehead atoms. The molecule has 0 aliphatic heterocycles. The standard InChI is InChI=1S/C23H13NO5/c25-21(15-10-12-16(13-11-15)24(28)29)20-19(14-6-2-1-3-7-14)22(26)17-8-4-5-9-18(17)23(20)27/h1-13H. The van der Waals surface area contributed by atoms with E-state index >= 15 is 0 Å². The van der Waals surface area contributed by atoms with Crippen molar-refractivity contribution in [1.29, 1.82) is 0 Å². The van der Waals surface area contributed by atoms with Crippen LogP contribution in [0.2, 0.25) is 0 Å². The lowest BCUT2D eigenvalue weighted by Gasteiger charge is -2.20. The molecule has 0 N–H and O–H groups in total. The maximum atomic E-state index is 13.2. The first-order valence-electron chi connectivity index (χ1n) is 8.76. The lowest BCUT2D eigenvalue weighted by molar-refractivity contribution is -0.384. The van der Waals surface area contributed by atoms with Gasteiger partial charge < -0.3 is 0 Å². The van der Waals surface area contributed by atoms with Gasteiger partial charge in [-0.1, -0.05) is 54.6 Å². The van der Waals surface area contributed by atoms with Gasteiger partial charge in [-0.15, -0.1) is 0 Å². The Bertz CT molecular complexity index is 1210. The van der Waals surface area contributed by atoms with Gasteiger partial charge in [0, 0.05) is 34.4 Å². The molecule has 3 aromatic rings. The first-order valence-corrected chi connectivity index (χ1v) is 8.76. The summed E-state index contributed by atoms with van der Waals surface area (Å²) in [5.41, 5.74) is 0.617. The van der Waals surface area contributed by atoms with Gasteiger partial charge in [0.2, 0.25) is 0 Å². The average molecular weight is 383 g/mol. The molecule has 0 unspecified atom stereocenters. The highest BCUT2D eigenvalue weighted by atomic mass is 16.6. The summed E-state index contributed by atoms with van der Waals surface area (Å²) in [4.78, 5) is 49.9. The third-order valence-electron chi connectivity index (χ3n) is 4.75. The number of rotatable bonds is 4. The van der Waals surface area contributed by atoms with Crippen LogP contribution in [0.4, 0.5) is 5.69 Å². The Labute approximate surface area is 165 Å². The SMILES string of the molecule is O=C(C1=C(c2ccccc2)C(=O)c2ccccc2C1=O)c1ccc([N+](=O)[O-])cc1. The van der Waals surface area contributed by atoms with E-state index in [2.05, 4.69) is 0 Å². The maximum absolute atomic E-state index is 13.2. The van der Waals surface area contributed by atoms with Gasteiger partial charge in [-0.25, -0.2) is 0 Å². The predicted octanol–water partition coefficient (Wildman–Crippen LogP) is 4.31. The molecule has 0 spiro atoms. The zero-order valence-corrected chi connectivity index (χ0v) is 15.0. The number of ketones is 3. The van der Waals surface area contributed by atoms with E-state index in [1.54, 1.807) is 48.5 Å². The number of nitrogens with zero attached hydrogens (tertiary/aromatic N) is 1. The van der Waals surface area contributed by atoms with Crippen molar-refractivity contribution in [2.24, 2.45) is 0 Å². The van der Waals surface area contributed by atoms with Crippen LogP contribution in [0.3, 0.4) is 0 Å². The van der Waals surface area contributed by atoms with E-state index in [0.717, 1.165) is 0 Å². The summed E-state index contributed by atoms with van der Waals surface area (Å²) in [6, 6.07) is 19.9. The van der Waals surface area contributed by atoms with E-state index in [4.69, 9.17) is 0 Å². The summed E-state index contributed by atoms with van der Waals surface area (Å²) in [5.74, 6) is -1.59. The molecular formula is C23H13NO5. The van der Waals surface area contributed by atoms with Crippen molar-refractivity contribution in [1.82, 2.24) is 0 Å². The highest BCUT2D eigenvalue weighted by Crippen LogP contribution is 2.34. The van der Waals surface area contributed by atoms with Crippen LogP contribution in [0.15, 0.2) is 84.4 Å². The van der Waals surface area contributed by atoms with Gasteiger partial charge in [0.1, 0.15) is 0 Å². The molecule has 0 aromatic heterocycles. The number of nitro groups is 1. The van der Waals surface area contributed by atoms with Crippen molar-refractivity contribution < 1.29 is 19.3 Å². The van der Waals surface area contributed by atoms with Crippen molar-refractivity contribution in [2.75, 3.05) is 0 Å². The van der Waals surface area contributed by atoms with E-state index in [1.807, 2.05) is 0 Å². The normalized spacial score (nSPS) is 13.2. The van der Waals surface area contributed by atoms with E-state index < -0.39 is 22.3 Å².